The summed E-state index contributed by atoms with van der Waals surface area (Å²) in [6, 6.07) is 13.2. The maximum atomic E-state index is 11.9. The van der Waals surface area contributed by atoms with E-state index in [1.807, 2.05) is 43.4 Å². The molecule has 5 heteroatoms. The van der Waals surface area contributed by atoms with Gasteiger partial charge >= 0.3 is 0 Å². The molecule has 1 atom stereocenters. The van der Waals surface area contributed by atoms with Crippen LogP contribution in [0.25, 0.3) is 0 Å². The van der Waals surface area contributed by atoms with Crippen molar-refractivity contribution >= 4 is 11.6 Å². The molecule has 1 aromatic carbocycles. The molecule has 2 aromatic rings. The Morgan fingerprint density at radius 3 is 2.70 bits per heavy atom. The van der Waals surface area contributed by atoms with Crippen LogP contribution in [0.15, 0.2) is 54.9 Å². The van der Waals surface area contributed by atoms with Gasteiger partial charge in [-0.1, -0.05) is 30.3 Å². The van der Waals surface area contributed by atoms with Gasteiger partial charge in [0.15, 0.2) is 0 Å². The van der Waals surface area contributed by atoms with Gasteiger partial charge in [0, 0.05) is 25.7 Å². The molecule has 0 unspecified atom stereocenters. The number of aliphatic hydroxyl groups excluding tert-OH is 1. The van der Waals surface area contributed by atoms with Gasteiger partial charge in [0.1, 0.15) is 0 Å². The topological polar surface area (TPSA) is 65.5 Å². The summed E-state index contributed by atoms with van der Waals surface area (Å²) in [4.78, 5) is 17.9. The molecule has 0 aliphatic rings. The Hall–Kier alpha value is -2.24. The minimum atomic E-state index is -0.470. The van der Waals surface area contributed by atoms with Gasteiger partial charge in [0.25, 0.3) is 0 Å². The molecule has 2 N–H and O–H groups in total. The van der Waals surface area contributed by atoms with Gasteiger partial charge in [-0.3, -0.25) is 9.78 Å². The molecule has 2 rings (SSSR count). The number of hydrogen-bond acceptors (Lipinski definition) is 4. The minimum Gasteiger partial charge on any atom is -0.388 e. The molecular formula is C18H23N3O2. The lowest BCUT2D eigenvalue weighted by molar-refractivity contribution is -0.116. The van der Waals surface area contributed by atoms with E-state index < -0.39 is 6.10 Å². The van der Waals surface area contributed by atoms with Crippen LogP contribution in [-0.4, -0.2) is 41.0 Å². The van der Waals surface area contributed by atoms with Gasteiger partial charge in [-0.25, -0.2) is 0 Å². The number of carbonyl (C=O) groups excluding carboxylic acids is 1. The fraction of sp³-hybridized carbons (Fsp3) is 0.333. The fourth-order valence-electron chi connectivity index (χ4n) is 2.25. The van der Waals surface area contributed by atoms with Crippen LogP contribution >= 0.6 is 0 Å². The van der Waals surface area contributed by atoms with Gasteiger partial charge in [0.2, 0.25) is 5.91 Å². The maximum absolute atomic E-state index is 11.9. The van der Waals surface area contributed by atoms with Crippen LogP contribution in [-0.2, 0) is 4.79 Å². The Morgan fingerprint density at radius 1 is 1.22 bits per heavy atom. The Morgan fingerprint density at radius 2 is 2.00 bits per heavy atom. The number of amides is 1. The average molecular weight is 313 g/mol. The second kappa shape index (κ2) is 9.02. The zero-order valence-electron chi connectivity index (χ0n) is 13.4. The second-order valence-corrected chi connectivity index (χ2v) is 5.56. The van der Waals surface area contributed by atoms with E-state index in [1.165, 1.54) is 0 Å². The van der Waals surface area contributed by atoms with Gasteiger partial charge < -0.3 is 15.3 Å². The molecule has 122 valence electrons. The molecule has 0 fully saturated rings. The predicted octanol–water partition coefficient (Wildman–Crippen LogP) is 2.47. The predicted molar refractivity (Wildman–Crippen MR) is 91.0 cm³/mol. The van der Waals surface area contributed by atoms with Crippen molar-refractivity contribution in [2.45, 2.75) is 18.9 Å². The van der Waals surface area contributed by atoms with Crippen LogP contribution < -0.4 is 5.32 Å². The first-order valence-electron chi connectivity index (χ1n) is 7.76. The van der Waals surface area contributed by atoms with Crippen LogP contribution in [0.2, 0.25) is 0 Å². The molecule has 0 aliphatic heterocycles. The Bertz CT molecular complexity index is 590. The summed E-state index contributed by atoms with van der Waals surface area (Å²) in [7, 11) is 1.95. The van der Waals surface area contributed by atoms with Gasteiger partial charge in [-0.2, -0.15) is 0 Å². The molecular weight excluding hydrogens is 290 g/mol. The number of aliphatic hydroxyl groups is 1. The zero-order chi connectivity index (χ0) is 16.5. The van der Waals surface area contributed by atoms with Gasteiger partial charge in [0.05, 0.1) is 18.0 Å². The summed E-state index contributed by atoms with van der Waals surface area (Å²) < 4.78 is 0. The van der Waals surface area contributed by atoms with E-state index in [0.29, 0.717) is 25.1 Å². The Kier molecular flexibility index (Phi) is 6.72. The molecule has 0 spiro atoms. The fourth-order valence-corrected chi connectivity index (χ4v) is 2.25. The SMILES string of the molecule is CN(CCC(=O)Nc1cccnc1)CC[C@@H](O)c1ccccc1. The second-order valence-electron chi connectivity index (χ2n) is 5.56. The van der Waals surface area contributed by atoms with Crippen LogP contribution in [0.4, 0.5) is 5.69 Å². The lowest BCUT2D eigenvalue weighted by atomic mass is 10.1. The molecule has 0 radical (unpaired) electrons. The molecule has 1 amide bonds. The molecule has 1 aromatic heterocycles. The Balaban J connectivity index is 1.67. The molecule has 0 bridgehead atoms. The van der Waals surface area contributed by atoms with E-state index in [1.54, 1.807) is 18.5 Å². The first kappa shape index (κ1) is 17.1. The third-order valence-corrected chi connectivity index (χ3v) is 3.63. The highest BCUT2D eigenvalue weighted by atomic mass is 16.3. The number of nitrogens with zero attached hydrogens (tertiary/aromatic N) is 2. The lowest BCUT2D eigenvalue weighted by Gasteiger charge is -2.18. The smallest absolute Gasteiger partial charge is 0.225 e. The van der Waals surface area contributed by atoms with Crippen LogP contribution in [0.1, 0.15) is 24.5 Å². The summed E-state index contributed by atoms with van der Waals surface area (Å²) >= 11 is 0. The third kappa shape index (κ3) is 6.18. The molecule has 23 heavy (non-hydrogen) atoms. The van der Waals surface area contributed by atoms with E-state index in [4.69, 9.17) is 0 Å². The van der Waals surface area contributed by atoms with Gasteiger partial charge in [-0.15, -0.1) is 0 Å². The van der Waals surface area contributed by atoms with Crippen LogP contribution in [0, 0.1) is 0 Å². The number of nitrogens with one attached hydrogen (secondary N) is 1. The number of carbonyl (C=O) groups is 1. The highest BCUT2D eigenvalue weighted by Gasteiger charge is 2.10. The van der Waals surface area contributed by atoms with Crippen molar-refractivity contribution in [2.75, 3.05) is 25.5 Å². The first-order valence-corrected chi connectivity index (χ1v) is 7.76. The van der Waals surface area contributed by atoms with Crippen molar-refractivity contribution in [2.24, 2.45) is 0 Å². The van der Waals surface area contributed by atoms with Crippen molar-refractivity contribution < 1.29 is 9.90 Å². The van der Waals surface area contributed by atoms with E-state index in [2.05, 4.69) is 15.2 Å². The quantitative estimate of drug-likeness (QED) is 0.786. The summed E-state index contributed by atoms with van der Waals surface area (Å²) in [5.74, 6) is -0.0338. The number of hydrogen-bond donors (Lipinski definition) is 2. The van der Waals surface area contributed by atoms with Crippen molar-refractivity contribution in [3.8, 4) is 0 Å². The summed E-state index contributed by atoms with van der Waals surface area (Å²) in [5.41, 5.74) is 1.63. The number of rotatable bonds is 8. The van der Waals surface area contributed by atoms with Crippen molar-refractivity contribution in [3.05, 3.63) is 60.4 Å². The van der Waals surface area contributed by atoms with Crippen molar-refractivity contribution in [1.82, 2.24) is 9.88 Å². The maximum Gasteiger partial charge on any atom is 0.225 e. The molecule has 1 heterocycles. The van der Waals surface area contributed by atoms with E-state index in [0.717, 1.165) is 12.1 Å². The molecule has 5 nitrogen and oxygen atoms in total. The van der Waals surface area contributed by atoms with Crippen molar-refractivity contribution in [1.29, 1.82) is 0 Å². The lowest BCUT2D eigenvalue weighted by Crippen LogP contribution is -2.26. The number of anilines is 1. The molecule has 0 aliphatic carbocycles. The highest BCUT2D eigenvalue weighted by molar-refractivity contribution is 5.90. The zero-order valence-corrected chi connectivity index (χ0v) is 13.4. The number of benzene rings is 1. The first-order chi connectivity index (χ1) is 11.1. The summed E-state index contributed by atoms with van der Waals surface area (Å²) in [6.07, 6.45) is 3.87. The molecule has 0 saturated heterocycles. The third-order valence-electron chi connectivity index (χ3n) is 3.63. The summed E-state index contributed by atoms with van der Waals surface area (Å²) in [6.45, 7) is 1.38. The summed E-state index contributed by atoms with van der Waals surface area (Å²) in [5, 5.41) is 12.9. The minimum absolute atomic E-state index is 0.0338. The average Bonchev–Trinajstić information content (AvgIpc) is 2.59. The van der Waals surface area contributed by atoms with Crippen LogP contribution in [0.5, 0.6) is 0 Å². The van der Waals surface area contributed by atoms with Gasteiger partial charge in [-0.05, 0) is 31.2 Å². The van der Waals surface area contributed by atoms with E-state index in [9.17, 15) is 9.90 Å². The normalized spacial score (nSPS) is 12.1. The monoisotopic (exact) mass is 313 g/mol. The van der Waals surface area contributed by atoms with E-state index in [-0.39, 0.29) is 5.91 Å². The van der Waals surface area contributed by atoms with E-state index >= 15 is 0 Å². The largest absolute Gasteiger partial charge is 0.388 e. The highest BCUT2D eigenvalue weighted by Crippen LogP contribution is 2.16. The number of aromatic nitrogens is 1. The van der Waals surface area contributed by atoms with Crippen LogP contribution in [0.3, 0.4) is 0 Å². The molecule has 0 saturated carbocycles. The number of pyridine rings is 1. The van der Waals surface area contributed by atoms with Crippen molar-refractivity contribution in [3.63, 3.8) is 0 Å². The Labute approximate surface area is 137 Å². The standard InChI is InChI=1S/C18H23N3O2/c1-21(12-9-17(22)15-6-3-2-4-7-15)13-10-18(23)20-16-8-5-11-19-14-16/h2-8,11,14,17,22H,9-10,12-13H2,1H3,(H,20,23)/t17-/m1/s1.